The van der Waals surface area contributed by atoms with E-state index in [-0.39, 0.29) is 17.5 Å². The molecule has 2 rings (SSSR count). The van der Waals surface area contributed by atoms with Gasteiger partial charge >= 0.3 is 0 Å². The van der Waals surface area contributed by atoms with Crippen LogP contribution in [0.3, 0.4) is 0 Å². The summed E-state index contributed by atoms with van der Waals surface area (Å²) in [5.74, 6) is 2.17. The third-order valence-electron chi connectivity index (χ3n) is 2.81. The van der Waals surface area contributed by atoms with Crippen molar-refractivity contribution >= 4 is 21.6 Å². The number of aliphatic hydroxyl groups excluding tert-OH is 1. The summed E-state index contributed by atoms with van der Waals surface area (Å²) in [5.41, 5.74) is 0. The average Bonchev–Trinajstić information content (AvgIpc) is 2.41. The lowest BCUT2D eigenvalue weighted by Crippen LogP contribution is -2.47. The fourth-order valence-corrected chi connectivity index (χ4v) is 4.83. The van der Waals surface area contributed by atoms with Gasteiger partial charge < -0.3 is 5.11 Å². The maximum absolute atomic E-state index is 11.3. The van der Waals surface area contributed by atoms with Crippen LogP contribution in [0.2, 0.25) is 0 Å². The Balaban J connectivity index is 2.04. The summed E-state index contributed by atoms with van der Waals surface area (Å²) in [5, 5.41) is 9.65. The Morgan fingerprint density at radius 1 is 1.21 bits per heavy atom. The van der Waals surface area contributed by atoms with Gasteiger partial charge in [-0.1, -0.05) is 0 Å². The van der Waals surface area contributed by atoms with Crippen molar-refractivity contribution in [3.05, 3.63) is 0 Å². The molecule has 0 aromatic rings. The van der Waals surface area contributed by atoms with E-state index in [9.17, 15) is 13.5 Å². The van der Waals surface area contributed by atoms with Crippen LogP contribution in [0.1, 0.15) is 0 Å². The molecule has 82 valence electrons. The first-order chi connectivity index (χ1) is 6.58. The van der Waals surface area contributed by atoms with E-state index < -0.39 is 15.9 Å². The van der Waals surface area contributed by atoms with Crippen LogP contribution in [-0.2, 0) is 9.84 Å². The van der Waals surface area contributed by atoms with Gasteiger partial charge in [0.05, 0.1) is 23.7 Å². The van der Waals surface area contributed by atoms with Crippen molar-refractivity contribution in [3.63, 3.8) is 0 Å². The minimum absolute atomic E-state index is 0.0543. The molecule has 6 heteroatoms. The molecule has 0 aliphatic carbocycles. The molecule has 0 spiro atoms. The van der Waals surface area contributed by atoms with Crippen LogP contribution < -0.4 is 0 Å². The van der Waals surface area contributed by atoms with Crippen molar-refractivity contribution in [3.8, 4) is 0 Å². The van der Waals surface area contributed by atoms with Crippen LogP contribution in [0.15, 0.2) is 0 Å². The monoisotopic (exact) mass is 237 g/mol. The normalized spacial score (nSPS) is 38.6. The minimum atomic E-state index is -2.99. The van der Waals surface area contributed by atoms with Gasteiger partial charge in [-0.2, -0.15) is 11.8 Å². The first-order valence-corrected chi connectivity index (χ1v) is 7.76. The van der Waals surface area contributed by atoms with Crippen molar-refractivity contribution in [1.29, 1.82) is 0 Å². The number of hydrogen-bond donors (Lipinski definition) is 1. The van der Waals surface area contributed by atoms with Crippen molar-refractivity contribution in [2.45, 2.75) is 12.1 Å². The molecule has 0 saturated carbocycles. The molecule has 2 saturated heterocycles. The van der Waals surface area contributed by atoms with E-state index in [1.54, 1.807) is 0 Å². The number of thioether (sulfide) groups is 1. The smallest absolute Gasteiger partial charge is 0.154 e. The molecule has 4 nitrogen and oxygen atoms in total. The first-order valence-electron chi connectivity index (χ1n) is 4.79. The van der Waals surface area contributed by atoms with Gasteiger partial charge in [-0.05, 0) is 0 Å². The molecule has 0 bridgehead atoms. The molecule has 0 amide bonds. The van der Waals surface area contributed by atoms with E-state index in [1.165, 1.54) is 0 Å². The van der Waals surface area contributed by atoms with Gasteiger partial charge in [0, 0.05) is 24.6 Å². The summed E-state index contributed by atoms with van der Waals surface area (Å²) in [6.45, 7) is 1.81. The van der Waals surface area contributed by atoms with E-state index in [1.807, 2.05) is 11.8 Å². The van der Waals surface area contributed by atoms with Crippen LogP contribution in [0.25, 0.3) is 0 Å². The second-order valence-electron chi connectivity index (χ2n) is 3.86. The zero-order valence-electron chi connectivity index (χ0n) is 7.92. The maximum Gasteiger partial charge on any atom is 0.154 e. The molecule has 1 N–H and O–H groups in total. The van der Waals surface area contributed by atoms with Crippen LogP contribution in [0.4, 0.5) is 0 Å². The molecule has 0 radical (unpaired) electrons. The lowest BCUT2D eigenvalue weighted by molar-refractivity contribution is 0.0899. The number of nitrogens with zero attached hydrogens (tertiary/aromatic N) is 1. The van der Waals surface area contributed by atoms with Crippen LogP contribution in [0, 0.1) is 0 Å². The molecular weight excluding hydrogens is 222 g/mol. The van der Waals surface area contributed by atoms with Crippen LogP contribution in [0.5, 0.6) is 0 Å². The molecule has 0 aromatic heterocycles. The highest BCUT2D eigenvalue weighted by molar-refractivity contribution is 7.99. The Kier molecular flexibility index (Phi) is 3.06. The van der Waals surface area contributed by atoms with Crippen molar-refractivity contribution in [2.24, 2.45) is 0 Å². The SMILES string of the molecule is O=S1(=O)C[C@@H](O)[C@H](N2CCSCC2)C1. The molecule has 2 heterocycles. The summed E-state index contributed by atoms with van der Waals surface area (Å²) in [6, 6.07) is -0.152. The van der Waals surface area contributed by atoms with Gasteiger partial charge in [0.2, 0.25) is 0 Å². The van der Waals surface area contributed by atoms with E-state index in [2.05, 4.69) is 4.90 Å². The van der Waals surface area contributed by atoms with E-state index in [0.29, 0.717) is 0 Å². The molecule has 0 unspecified atom stereocenters. The summed E-state index contributed by atoms with van der Waals surface area (Å²) >= 11 is 1.89. The number of rotatable bonds is 1. The highest BCUT2D eigenvalue weighted by Crippen LogP contribution is 2.21. The second-order valence-corrected chi connectivity index (χ2v) is 7.24. The van der Waals surface area contributed by atoms with Crippen molar-refractivity contribution in [2.75, 3.05) is 36.1 Å². The Morgan fingerprint density at radius 3 is 2.36 bits per heavy atom. The molecule has 2 aliphatic heterocycles. The standard InChI is InChI=1S/C8H15NO3S2/c10-8-6-14(11,12)5-7(8)9-1-3-13-4-2-9/h7-8,10H,1-6H2/t7-,8-/m1/s1. The number of sulfone groups is 1. The Morgan fingerprint density at radius 2 is 1.86 bits per heavy atom. The first kappa shape index (κ1) is 10.7. The zero-order valence-corrected chi connectivity index (χ0v) is 9.56. The molecule has 2 fully saturated rings. The predicted molar refractivity (Wildman–Crippen MR) is 57.3 cm³/mol. The minimum Gasteiger partial charge on any atom is -0.390 e. The van der Waals surface area contributed by atoms with Crippen molar-refractivity contribution in [1.82, 2.24) is 4.90 Å². The summed E-state index contributed by atoms with van der Waals surface area (Å²) < 4.78 is 22.6. The van der Waals surface area contributed by atoms with Gasteiger partial charge in [0.15, 0.2) is 9.84 Å². The number of aliphatic hydroxyl groups is 1. The summed E-state index contributed by atoms with van der Waals surface area (Å²) in [6.07, 6.45) is -0.678. The fraction of sp³-hybridized carbons (Fsp3) is 1.00. The lowest BCUT2D eigenvalue weighted by atomic mass is 10.2. The Labute approximate surface area is 88.6 Å². The number of hydrogen-bond acceptors (Lipinski definition) is 5. The third-order valence-corrected chi connectivity index (χ3v) is 5.45. The largest absolute Gasteiger partial charge is 0.390 e. The van der Waals surface area contributed by atoms with E-state index in [0.717, 1.165) is 24.6 Å². The summed E-state index contributed by atoms with van der Waals surface area (Å²) in [4.78, 5) is 2.12. The maximum atomic E-state index is 11.3. The third kappa shape index (κ3) is 2.24. The zero-order chi connectivity index (χ0) is 10.2. The lowest BCUT2D eigenvalue weighted by Gasteiger charge is -2.32. The van der Waals surface area contributed by atoms with Gasteiger partial charge in [-0.3, -0.25) is 4.90 Å². The van der Waals surface area contributed by atoms with Gasteiger partial charge in [0.25, 0.3) is 0 Å². The van der Waals surface area contributed by atoms with E-state index in [4.69, 9.17) is 0 Å². The van der Waals surface area contributed by atoms with Crippen LogP contribution in [-0.4, -0.2) is 66.7 Å². The Hall–Kier alpha value is 0.220. The highest BCUT2D eigenvalue weighted by atomic mass is 32.2. The quantitative estimate of drug-likeness (QED) is 0.646. The molecule has 2 atom stereocenters. The second kappa shape index (κ2) is 4.00. The topological polar surface area (TPSA) is 57.6 Å². The van der Waals surface area contributed by atoms with Gasteiger partial charge in [-0.15, -0.1) is 0 Å². The summed E-state index contributed by atoms with van der Waals surface area (Å²) in [7, 11) is -2.99. The van der Waals surface area contributed by atoms with Crippen LogP contribution >= 0.6 is 11.8 Å². The molecular formula is C8H15NO3S2. The predicted octanol–water partition coefficient (Wildman–Crippen LogP) is -0.807. The molecule has 2 aliphatic rings. The molecule has 0 aromatic carbocycles. The molecule has 14 heavy (non-hydrogen) atoms. The van der Waals surface area contributed by atoms with E-state index >= 15 is 0 Å². The van der Waals surface area contributed by atoms with Gasteiger partial charge in [0.1, 0.15) is 0 Å². The fourth-order valence-electron chi connectivity index (χ4n) is 2.07. The van der Waals surface area contributed by atoms with Crippen molar-refractivity contribution < 1.29 is 13.5 Å². The Bertz CT molecular complexity index is 298. The highest BCUT2D eigenvalue weighted by Gasteiger charge is 2.40. The van der Waals surface area contributed by atoms with Gasteiger partial charge in [-0.25, -0.2) is 8.42 Å². The average molecular weight is 237 g/mol.